The Morgan fingerprint density at radius 1 is 1.04 bits per heavy atom. The highest BCUT2D eigenvalue weighted by Crippen LogP contribution is 2.16. The van der Waals surface area contributed by atoms with E-state index in [0.717, 1.165) is 23.7 Å². The topological polar surface area (TPSA) is 60.3 Å². The lowest BCUT2D eigenvalue weighted by Crippen LogP contribution is -2.18. The van der Waals surface area contributed by atoms with Crippen LogP contribution in [0.25, 0.3) is 10.9 Å². The molecule has 0 aliphatic carbocycles. The molecule has 3 aromatic rings. The Labute approximate surface area is 152 Å². The van der Waals surface area contributed by atoms with Gasteiger partial charge in [-0.25, -0.2) is 4.79 Å². The number of nitrogens with one attached hydrogen (secondary N) is 1. The molecule has 1 amide bonds. The number of carbonyl (C=O) groups excluding carboxylic acids is 2. The van der Waals surface area contributed by atoms with Crippen LogP contribution in [0.15, 0.2) is 60.8 Å². The SMILES string of the molecule is CCCCOC(=O)c1ccc(NC(=O)Cn2ccc3ccccc32)cc1. The molecule has 0 unspecified atom stereocenters. The van der Waals surface area contributed by atoms with Crippen LogP contribution in [0.1, 0.15) is 30.1 Å². The third-order valence-corrected chi connectivity index (χ3v) is 4.13. The highest BCUT2D eigenvalue weighted by atomic mass is 16.5. The summed E-state index contributed by atoms with van der Waals surface area (Å²) in [6, 6.07) is 16.7. The minimum absolute atomic E-state index is 0.121. The summed E-state index contributed by atoms with van der Waals surface area (Å²) in [5.41, 5.74) is 2.15. The van der Waals surface area contributed by atoms with E-state index in [2.05, 4.69) is 5.32 Å². The monoisotopic (exact) mass is 350 g/mol. The number of anilines is 1. The third kappa shape index (κ3) is 4.30. The lowest BCUT2D eigenvalue weighted by atomic mass is 10.2. The highest BCUT2D eigenvalue weighted by Gasteiger charge is 2.09. The molecule has 0 fully saturated rings. The first-order valence-corrected chi connectivity index (χ1v) is 8.78. The van der Waals surface area contributed by atoms with Crippen molar-refractivity contribution in [1.82, 2.24) is 4.57 Å². The zero-order valence-electron chi connectivity index (χ0n) is 14.8. The van der Waals surface area contributed by atoms with E-state index in [1.54, 1.807) is 24.3 Å². The molecule has 0 aliphatic heterocycles. The number of hydrogen-bond acceptors (Lipinski definition) is 3. The smallest absolute Gasteiger partial charge is 0.338 e. The van der Waals surface area contributed by atoms with Gasteiger partial charge in [-0.15, -0.1) is 0 Å². The summed E-state index contributed by atoms with van der Waals surface area (Å²) >= 11 is 0. The lowest BCUT2D eigenvalue weighted by molar-refractivity contribution is -0.116. The van der Waals surface area contributed by atoms with Crippen LogP contribution in [-0.2, 0) is 16.1 Å². The Morgan fingerprint density at radius 3 is 2.58 bits per heavy atom. The minimum Gasteiger partial charge on any atom is -0.462 e. The van der Waals surface area contributed by atoms with E-state index in [-0.39, 0.29) is 18.4 Å². The second-order valence-corrected chi connectivity index (χ2v) is 6.12. The van der Waals surface area contributed by atoms with Crippen molar-refractivity contribution >= 4 is 28.5 Å². The zero-order valence-corrected chi connectivity index (χ0v) is 14.8. The van der Waals surface area contributed by atoms with Gasteiger partial charge in [0.25, 0.3) is 0 Å². The van der Waals surface area contributed by atoms with Crippen LogP contribution in [0.3, 0.4) is 0 Å². The van der Waals surface area contributed by atoms with Gasteiger partial charge in [-0.1, -0.05) is 31.5 Å². The molecule has 0 saturated heterocycles. The minimum atomic E-state index is -0.338. The van der Waals surface area contributed by atoms with E-state index in [0.29, 0.717) is 17.9 Å². The summed E-state index contributed by atoms with van der Waals surface area (Å²) < 4.78 is 7.08. The Morgan fingerprint density at radius 2 is 1.81 bits per heavy atom. The first-order valence-electron chi connectivity index (χ1n) is 8.78. The largest absolute Gasteiger partial charge is 0.462 e. The fourth-order valence-electron chi connectivity index (χ4n) is 2.72. The average Bonchev–Trinajstić information content (AvgIpc) is 3.05. The van der Waals surface area contributed by atoms with Crippen molar-refractivity contribution in [3.05, 3.63) is 66.4 Å². The molecule has 0 aliphatic rings. The molecule has 0 saturated carbocycles. The molecule has 2 aromatic carbocycles. The number of esters is 1. The summed E-state index contributed by atoms with van der Waals surface area (Å²) in [6.45, 7) is 2.70. The van der Waals surface area contributed by atoms with Gasteiger partial charge in [-0.2, -0.15) is 0 Å². The number of hydrogen-bond donors (Lipinski definition) is 1. The van der Waals surface area contributed by atoms with Crippen molar-refractivity contribution in [1.29, 1.82) is 0 Å². The molecule has 134 valence electrons. The van der Waals surface area contributed by atoms with E-state index in [1.807, 2.05) is 48.0 Å². The first-order chi connectivity index (χ1) is 12.7. The number of aromatic nitrogens is 1. The molecule has 0 radical (unpaired) electrons. The lowest BCUT2D eigenvalue weighted by Gasteiger charge is -2.08. The van der Waals surface area contributed by atoms with Gasteiger partial charge in [0.05, 0.1) is 12.2 Å². The van der Waals surface area contributed by atoms with Crippen molar-refractivity contribution in [2.45, 2.75) is 26.3 Å². The predicted octanol–water partition coefficient (Wildman–Crippen LogP) is 4.24. The fraction of sp³-hybridized carbons (Fsp3) is 0.238. The predicted molar refractivity (Wildman–Crippen MR) is 102 cm³/mol. The normalized spacial score (nSPS) is 10.7. The van der Waals surface area contributed by atoms with Gasteiger partial charge in [0, 0.05) is 17.4 Å². The molecular formula is C21H22N2O3. The van der Waals surface area contributed by atoms with Crippen LogP contribution in [0.4, 0.5) is 5.69 Å². The second kappa shape index (κ2) is 8.34. The standard InChI is InChI=1S/C21H22N2O3/c1-2-3-14-26-21(25)17-8-10-18(11-9-17)22-20(24)15-23-13-12-16-6-4-5-7-19(16)23/h4-13H,2-3,14-15H2,1H3,(H,22,24). The molecule has 5 nitrogen and oxygen atoms in total. The number of carbonyl (C=O) groups is 2. The van der Waals surface area contributed by atoms with E-state index in [9.17, 15) is 9.59 Å². The van der Waals surface area contributed by atoms with E-state index in [4.69, 9.17) is 4.74 Å². The van der Waals surface area contributed by atoms with Crippen LogP contribution in [0, 0.1) is 0 Å². The Bertz CT molecular complexity index is 897. The summed E-state index contributed by atoms with van der Waals surface area (Å²) in [6.07, 6.45) is 3.74. The first kappa shape index (κ1) is 17.7. The highest BCUT2D eigenvalue weighted by molar-refractivity contribution is 5.93. The van der Waals surface area contributed by atoms with Gasteiger partial charge in [0.1, 0.15) is 6.54 Å². The number of para-hydroxylation sites is 1. The van der Waals surface area contributed by atoms with Gasteiger partial charge >= 0.3 is 5.97 Å². The van der Waals surface area contributed by atoms with Gasteiger partial charge < -0.3 is 14.6 Å². The number of unbranched alkanes of at least 4 members (excludes halogenated alkanes) is 1. The molecular weight excluding hydrogens is 328 g/mol. The van der Waals surface area contributed by atoms with Crippen LogP contribution in [0.2, 0.25) is 0 Å². The molecule has 1 N–H and O–H groups in total. The molecule has 0 spiro atoms. The number of nitrogens with zero attached hydrogens (tertiary/aromatic N) is 1. The molecule has 3 rings (SSSR count). The van der Waals surface area contributed by atoms with E-state index >= 15 is 0 Å². The maximum absolute atomic E-state index is 12.3. The molecule has 0 atom stereocenters. The quantitative estimate of drug-likeness (QED) is 0.512. The molecule has 5 heteroatoms. The van der Waals surface area contributed by atoms with Gasteiger partial charge in [-0.3, -0.25) is 4.79 Å². The average molecular weight is 350 g/mol. The van der Waals surface area contributed by atoms with Crippen LogP contribution < -0.4 is 5.32 Å². The van der Waals surface area contributed by atoms with E-state index in [1.165, 1.54) is 0 Å². The van der Waals surface area contributed by atoms with Crippen molar-refractivity contribution in [2.75, 3.05) is 11.9 Å². The van der Waals surface area contributed by atoms with Crippen LogP contribution in [0.5, 0.6) is 0 Å². The van der Waals surface area contributed by atoms with Crippen molar-refractivity contribution in [3.63, 3.8) is 0 Å². The fourth-order valence-corrected chi connectivity index (χ4v) is 2.72. The van der Waals surface area contributed by atoms with Crippen LogP contribution >= 0.6 is 0 Å². The van der Waals surface area contributed by atoms with Gasteiger partial charge in [0.2, 0.25) is 5.91 Å². The number of ether oxygens (including phenoxy) is 1. The molecule has 0 bridgehead atoms. The summed E-state index contributed by atoms with van der Waals surface area (Å²) in [4.78, 5) is 24.2. The summed E-state index contributed by atoms with van der Waals surface area (Å²) in [5, 5.41) is 3.95. The summed E-state index contributed by atoms with van der Waals surface area (Å²) in [7, 11) is 0. The van der Waals surface area contributed by atoms with Gasteiger partial charge in [0.15, 0.2) is 0 Å². The summed E-state index contributed by atoms with van der Waals surface area (Å²) in [5.74, 6) is -0.459. The third-order valence-electron chi connectivity index (χ3n) is 4.13. The molecule has 1 aromatic heterocycles. The number of benzene rings is 2. The Balaban J connectivity index is 1.58. The zero-order chi connectivity index (χ0) is 18.4. The van der Waals surface area contributed by atoms with Crippen molar-refractivity contribution in [3.8, 4) is 0 Å². The molecule has 1 heterocycles. The number of rotatable bonds is 7. The number of fused-ring (bicyclic) bond motifs is 1. The van der Waals surface area contributed by atoms with Crippen molar-refractivity contribution < 1.29 is 14.3 Å². The Hall–Kier alpha value is -3.08. The van der Waals surface area contributed by atoms with Crippen molar-refractivity contribution in [2.24, 2.45) is 0 Å². The second-order valence-electron chi connectivity index (χ2n) is 6.12. The van der Waals surface area contributed by atoms with Crippen LogP contribution in [-0.4, -0.2) is 23.1 Å². The van der Waals surface area contributed by atoms with E-state index < -0.39 is 0 Å². The Kier molecular flexibility index (Phi) is 5.69. The maximum atomic E-state index is 12.3. The van der Waals surface area contributed by atoms with Gasteiger partial charge in [-0.05, 0) is 48.2 Å². The number of amides is 1. The maximum Gasteiger partial charge on any atom is 0.338 e. The molecule has 26 heavy (non-hydrogen) atoms.